The molecule has 1 heterocycles. The molecular weight excluding hydrogens is 260 g/mol. The number of hydrogen-bond acceptors (Lipinski definition) is 4. The van der Waals surface area contributed by atoms with Crippen LogP contribution < -0.4 is 10.6 Å². The van der Waals surface area contributed by atoms with Crippen LogP contribution in [0.25, 0.3) is 0 Å². The summed E-state index contributed by atoms with van der Waals surface area (Å²) in [5.74, 6) is 1.73. The Kier molecular flexibility index (Phi) is 4.04. The molecule has 1 fully saturated rings. The zero-order chi connectivity index (χ0) is 14.7. The molecule has 1 aromatic carbocycles. The third kappa shape index (κ3) is 3.51. The largest absolute Gasteiger partial charge is 0.367 e. The highest BCUT2D eigenvalue weighted by molar-refractivity contribution is 5.60. The van der Waals surface area contributed by atoms with Gasteiger partial charge in [0, 0.05) is 17.8 Å². The number of nitrogens with one attached hydrogen (secondary N) is 2. The summed E-state index contributed by atoms with van der Waals surface area (Å²) in [7, 11) is 0. The molecule has 0 spiro atoms. The van der Waals surface area contributed by atoms with Crippen LogP contribution in [-0.4, -0.2) is 16.0 Å². The number of rotatable bonds is 4. The van der Waals surface area contributed by atoms with Crippen LogP contribution in [0.15, 0.2) is 30.6 Å². The van der Waals surface area contributed by atoms with Crippen LogP contribution in [0.2, 0.25) is 0 Å². The molecule has 1 aromatic heterocycles. The number of aryl methyl sites for hydroxylation is 2. The number of aromatic nitrogens is 2. The van der Waals surface area contributed by atoms with Crippen LogP contribution in [0, 0.1) is 13.8 Å². The molecule has 1 aliphatic rings. The van der Waals surface area contributed by atoms with Crippen molar-refractivity contribution in [2.24, 2.45) is 0 Å². The predicted molar refractivity (Wildman–Crippen MR) is 87.1 cm³/mol. The average molecular weight is 282 g/mol. The van der Waals surface area contributed by atoms with Crippen molar-refractivity contribution < 1.29 is 0 Å². The van der Waals surface area contributed by atoms with Crippen LogP contribution in [0.4, 0.5) is 17.3 Å². The van der Waals surface area contributed by atoms with Crippen LogP contribution in [0.1, 0.15) is 36.8 Å². The van der Waals surface area contributed by atoms with Crippen LogP contribution in [0.3, 0.4) is 0 Å². The second kappa shape index (κ2) is 6.12. The van der Waals surface area contributed by atoms with Crippen molar-refractivity contribution in [2.75, 3.05) is 10.6 Å². The summed E-state index contributed by atoms with van der Waals surface area (Å²) >= 11 is 0. The van der Waals surface area contributed by atoms with Crippen LogP contribution in [-0.2, 0) is 0 Å². The first-order valence-corrected chi connectivity index (χ1v) is 7.63. The molecular formula is C17H22N4. The topological polar surface area (TPSA) is 49.8 Å². The van der Waals surface area contributed by atoms with E-state index in [0.29, 0.717) is 6.04 Å². The van der Waals surface area contributed by atoms with E-state index in [1.165, 1.54) is 36.8 Å². The van der Waals surface area contributed by atoms with Gasteiger partial charge in [-0.2, -0.15) is 0 Å². The first-order valence-electron chi connectivity index (χ1n) is 7.63. The first-order chi connectivity index (χ1) is 10.2. The molecule has 0 saturated heterocycles. The van der Waals surface area contributed by atoms with Gasteiger partial charge in [0.05, 0.1) is 0 Å². The first kappa shape index (κ1) is 13.9. The third-order valence-corrected chi connectivity index (χ3v) is 4.15. The average Bonchev–Trinajstić information content (AvgIpc) is 2.96. The van der Waals surface area contributed by atoms with Crippen molar-refractivity contribution >= 4 is 17.3 Å². The molecule has 4 heteroatoms. The highest BCUT2D eigenvalue weighted by Gasteiger charge is 2.15. The van der Waals surface area contributed by atoms with Crippen molar-refractivity contribution in [3.8, 4) is 0 Å². The normalized spacial score (nSPS) is 15.1. The molecule has 2 N–H and O–H groups in total. The molecule has 4 nitrogen and oxygen atoms in total. The lowest BCUT2D eigenvalue weighted by molar-refractivity contribution is 0.750. The highest BCUT2D eigenvalue weighted by atomic mass is 15.1. The van der Waals surface area contributed by atoms with E-state index in [1.807, 2.05) is 6.07 Å². The Morgan fingerprint density at radius 2 is 1.71 bits per heavy atom. The maximum atomic E-state index is 4.31. The zero-order valence-electron chi connectivity index (χ0n) is 12.7. The summed E-state index contributed by atoms with van der Waals surface area (Å²) in [6, 6.07) is 8.88. The summed E-state index contributed by atoms with van der Waals surface area (Å²) in [5.41, 5.74) is 3.63. The number of nitrogens with zero attached hydrogens (tertiary/aromatic N) is 2. The molecule has 1 saturated carbocycles. The van der Waals surface area contributed by atoms with Gasteiger partial charge < -0.3 is 10.6 Å². The lowest BCUT2D eigenvalue weighted by atomic mass is 10.1. The Balaban J connectivity index is 1.71. The molecule has 3 rings (SSSR count). The van der Waals surface area contributed by atoms with E-state index in [2.05, 4.69) is 52.6 Å². The van der Waals surface area contributed by atoms with Gasteiger partial charge in [-0.1, -0.05) is 18.9 Å². The summed E-state index contributed by atoms with van der Waals surface area (Å²) in [4.78, 5) is 8.61. The van der Waals surface area contributed by atoms with Crippen molar-refractivity contribution in [1.82, 2.24) is 9.97 Å². The van der Waals surface area contributed by atoms with Gasteiger partial charge in [0.15, 0.2) is 0 Å². The zero-order valence-corrected chi connectivity index (χ0v) is 12.7. The second-order valence-electron chi connectivity index (χ2n) is 5.84. The lowest BCUT2D eigenvalue weighted by Crippen LogP contribution is -2.15. The van der Waals surface area contributed by atoms with Gasteiger partial charge in [-0.05, 0) is 49.9 Å². The molecule has 0 radical (unpaired) electrons. The highest BCUT2D eigenvalue weighted by Crippen LogP contribution is 2.23. The molecule has 110 valence electrons. The number of anilines is 3. The minimum absolute atomic E-state index is 0.564. The molecule has 0 bridgehead atoms. The molecule has 0 atom stereocenters. The van der Waals surface area contributed by atoms with E-state index in [4.69, 9.17) is 0 Å². The van der Waals surface area contributed by atoms with Gasteiger partial charge in [-0.3, -0.25) is 0 Å². The third-order valence-electron chi connectivity index (χ3n) is 4.15. The maximum Gasteiger partial charge on any atom is 0.135 e. The molecule has 1 aliphatic carbocycles. The van der Waals surface area contributed by atoms with Gasteiger partial charge in [0.25, 0.3) is 0 Å². The smallest absolute Gasteiger partial charge is 0.135 e. The quantitative estimate of drug-likeness (QED) is 0.882. The van der Waals surface area contributed by atoms with Crippen molar-refractivity contribution in [1.29, 1.82) is 0 Å². The summed E-state index contributed by atoms with van der Waals surface area (Å²) in [6.07, 6.45) is 6.72. The van der Waals surface area contributed by atoms with Crippen molar-refractivity contribution in [2.45, 2.75) is 45.6 Å². The predicted octanol–water partition coefficient (Wildman–Crippen LogP) is 4.19. The van der Waals surface area contributed by atoms with Crippen LogP contribution in [0.5, 0.6) is 0 Å². The molecule has 0 unspecified atom stereocenters. The lowest BCUT2D eigenvalue weighted by Gasteiger charge is -2.13. The van der Waals surface area contributed by atoms with Gasteiger partial charge in [0.1, 0.15) is 18.0 Å². The Labute approximate surface area is 126 Å². The van der Waals surface area contributed by atoms with Crippen molar-refractivity contribution in [3.05, 3.63) is 41.7 Å². The fourth-order valence-corrected chi connectivity index (χ4v) is 2.75. The Morgan fingerprint density at radius 1 is 0.952 bits per heavy atom. The Hall–Kier alpha value is -2.10. The fourth-order valence-electron chi connectivity index (χ4n) is 2.75. The van der Waals surface area contributed by atoms with Crippen LogP contribution >= 0.6 is 0 Å². The standard InChI is InChI=1S/C17H22N4/c1-12-7-8-15(9-13(12)2)21-17-10-16(18-11-19-17)20-14-5-3-4-6-14/h7-11,14H,3-6H2,1-2H3,(H2,18,19,20,21). The van der Waals surface area contributed by atoms with E-state index in [1.54, 1.807) is 6.33 Å². The minimum Gasteiger partial charge on any atom is -0.367 e. The van der Waals surface area contributed by atoms with E-state index in [0.717, 1.165) is 17.3 Å². The SMILES string of the molecule is Cc1ccc(Nc2cc(NC3CCCC3)ncn2)cc1C. The molecule has 0 amide bonds. The molecule has 2 aromatic rings. The minimum atomic E-state index is 0.564. The van der Waals surface area contributed by atoms with E-state index >= 15 is 0 Å². The van der Waals surface area contributed by atoms with E-state index < -0.39 is 0 Å². The number of benzene rings is 1. The van der Waals surface area contributed by atoms with Gasteiger partial charge >= 0.3 is 0 Å². The monoisotopic (exact) mass is 282 g/mol. The van der Waals surface area contributed by atoms with Gasteiger partial charge in [-0.15, -0.1) is 0 Å². The molecule has 21 heavy (non-hydrogen) atoms. The Morgan fingerprint density at radius 3 is 2.48 bits per heavy atom. The van der Waals surface area contributed by atoms with Crippen molar-refractivity contribution in [3.63, 3.8) is 0 Å². The van der Waals surface area contributed by atoms with Gasteiger partial charge in [0.2, 0.25) is 0 Å². The van der Waals surface area contributed by atoms with Gasteiger partial charge in [-0.25, -0.2) is 9.97 Å². The summed E-state index contributed by atoms with van der Waals surface area (Å²) < 4.78 is 0. The molecule has 0 aliphatic heterocycles. The van der Waals surface area contributed by atoms with E-state index in [-0.39, 0.29) is 0 Å². The Bertz CT molecular complexity index is 618. The second-order valence-corrected chi connectivity index (χ2v) is 5.84. The summed E-state index contributed by atoms with van der Waals surface area (Å²) in [5, 5.41) is 6.84. The maximum absolute atomic E-state index is 4.31. The van der Waals surface area contributed by atoms with E-state index in [9.17, 15) is 0 Å². The fraction of sp³-hybridized carbons (Fsp3) is 0.412. The number of hydrogen-bond donors (Lipinski definition) is 2. The summed E-state index contributed by atoms with van der Waals surface area (Å²) in [6.45, 7) is 4.24.